The second kappa shape index (κ2) is 5.24. The van der Waals surface area contributed by atoms with Gasteiger partial charge in [-0.1, -0.05) is 0 Å². The van der Waals surface area contributed by atoms with Crippen LogP contribution in [0, 0.1) is 5.92 Å². The lowest BCUT2D eigenvalue weighted by Crippen LogP contribution is -2.24. The number of hydrogen-bond donors (Lipinski definition) is 2. The molecular weight excluding hydrogens is 298 g/mol. The normalized spacial score (nSPS) is 23.1. The molecule has 1 aliphatic carbocycles. The predicted molar refractivity (Wildman–Crippen MR) is 73.3 cm³/mol. The van der Waals surface area contributed by atoms with Crippen LogP contribution in [-0.2, 0) is 11.8 Å². The molecule has 0 spiro atoms. The first-order valence-corrected chi connectivity index (χ1v) is 6.69. The summed E-state index contributed by atoms with van der Waals surface area (Å²) in [6.07, 6.45) is 4.08. The summed E-state index contributed by atoms with van der Waals surface area (Å²) in [6.45, 7) is 0. The molecule has 5 nitrogen and oxygen atoms in total. The molecule has 18 heavy (non-hydrogen) atoms. The van der Waals surface area contributed by atoms with E-state index < -0.39 is 0 Å². The number of aromatic nitrogens is 1. The van der Waals surface area contributed by atoms with E-state index in [9.17, 15) is 9.59 Å². The number of halogens is 1. The molecule has 0 aromatic carbocycles. The van der Waals surface area contributed by atoms with Gasteiger partial charge in [-0.15, -0.1) is 0 Å². The van der Waals surface area contributed by atoms with E-state index in [4.69, 9.17) is 5.73 Å². The Hall–Kier alpha value is -1.14. The van der Waals surface area contributed by atoms with Crippen LogP contribution in [0.25, 0.3) is 0 Å². The van der Waals surface area contributed by atoms with Crippen LogP contribution in [-0.4, -0.2) is 16.5 Å². The van der Waals surface area contributed by atoms with Crippen LogP contribution in [0.2, 0.25) is 0 Å². The van der Waals surface area contributed by atoms with Crippen molar-refractivity contribution in [2.75, 3.05) is 5.32 Å². The smallest absolute Gasteiger partial charge is 0.264 e. The van der Waals surface area contributed by atoms with Crippen molar-refractivity contribution in [1.82, 2.24) is 4.57 Å². The molecule has 1 aromatic heterocycles. The molecule has 1 heterocycles. The highest BCUT2D eigenvalue weighted by molar-refractivity contribution is 9.10. The minimum absolute atomic E-state index is 0.0176. The van der Waals surface area contributed by atoms with Gasteiger partial charge in [0.15, 0.2) is 0 Å². The maximum Gasteiger partial charge on any atom is 0.264 e. The highest BCUT2D eigenvalue weighted by Crippen LogP contribution is 2.25. The Morgan fingerprint density at radius 2 is 2.28 bits per heavy atom. The Labute approximate surface area is 113 Å². The van der Waals surface area contributed by atoms with Crippen molar-refractivity contribution < 1.29 is 4.79 Å². The number of nitrogens with zero attached hydrogens (tertiary/aromatic N) is 1. The monoisotopic (exact) mass is 313 g/mol. The third-order valence-corrected chi connectivity index (χ3v) is 3.82. The maximum absolute atomic E-state index is 12.0. The third kappa shape index (κ3) is 2.81. The van der Waals surface area contributed by atoms with Crippen molar-refractivity contribution in [2.45, 2.75) is 25.3 Å². The van der Waals surface area contributed by atoms with Gasteiger partial charge < -0.3 is 15.6 Å². The van der Waals surface area contributed by atoms with Crippen molar-refractivity contribution in [3.8, 4) is 0 Å². The summed E-state index contributed by atoms with van der Waals surface area (Å²) in [5.41, 5.74) is 6.28. The highest BCUT2D eigenvalue weighted by Gasteiger charge is 2.27. The summed E-state index contributed by atoms with van der Waals surface area (Å²) in [4.78, 5) is 23.5. The van der Waals surface area contributed by atoms with Gasteiger partial charge in [0.2, 0.25) is 5.91 Å². The van der Waals surface area contributed by atoms with Gasteiger partial charge in [-0.3, -0.25) is 9.59 Å². The standard InChI is InChI=1S/C12H16BrN3O2/c1-16-6-9(5-10(13)12(16)18)15-11(17)7-2-3-8(14)4-7/h5-8H,2-4,14H2,1H3,(H,15,17). The summed E-state index contributed by atoms with van der Waals surface area (Å²) in [5.74, 6) is -0.0375. The van der Waals surface area contributed by atoms with E-state index in [-0.39, 0.29) is 23.4 Å². The second-order valence-electron chi connectivity index (χ2n) is 4.75. The van der Waals surface area contributed by atoms with E-state index in [1.54, 1.807) is 19.3 Å². The lowest BCUT2D eigenvalue weighted by molar-refractivity contribution is -0.119. The Morgan fingerprint density at radius 1 is 1.56 bits per heavy atom. The number of pyridine rings is 1. The van der Waals surface area contributed by atoms with Gasteiger partial charge in [0.1, 0.15) is 0 Å². The zero-order valence-electron chi connectivity index (χ0n) is 10.1. The van der Waals surface area contributed by atoms with Gasteiger partial charge in [0, 0.05) is 25.2 Å². The first kappa shape index (κ1) is 13.3. The van der Waals surface area contributed by atoms with Crippen LogP contribution in [0.3, 0.4) is 0 Å². The molecule has 98 valence electrons. The molecule has 2 unspecified atom stereocenters. The number of aryl methyl sites for hydroxylation is 1. The SMILES string of the molecule is Cn1cc(NC(=O)C2CCC(N)C2)cc(Br)c1=O. The minimum Gasteiger partial charge on any atom is -0.328 e. The lowest BCUT2D eigenvalue weighted by Gasteiger charge is -2.11. The summed E-state index contributed by atoms with van der Waals surface area (Å²) in [5, 5.41) is 2.83. The van der Waals surface area contributed by atoms with Gasteiger partial charge in [-0.2, -0.15) is 0 Å². The van der Waals surface area contributed by atoms with E-state index in [2.05, 4.69) is 21.2 Å². The zero-order chi connectivity index (χ0) is 13.3. The number of hydrogen-bond acceptors (Lipinski definition) is 3. The number of carbonyl (C=O) groups excluding carboxylic acids is 1. The van der Waals surface area contributed by atoms with E-state index in [1.165, 1.54) is 4.57 Å². The molecule has 1 aromatic rings. The van der Waals surface area contributed by atoms with E-state index in [1.807, 2.05) is 0 Å². The van der Waals surface area contributed by atoms with Crippen LogP contribution < -0.4 is 16.6 Å². The van der Waals surface area contributed by atoms with Crippen LogP contribution in [0.5, 0.6) is 0 Å². The fourth-order valence-electron chi connectivity index (χ4n) is 2.24. The molecule has 2 atom stereocenters. The van der Waals surface area contributed by atoms with Gasteiger partial charge >= 0.3 is 0 Å². The highest BCUT2D eigenvalue weighted by atomic mass is 79.9. The van der Waals surface area contributed by atoms with Crippen LogP contribution in [0.15, 0.2) is 21.5 Å². The Balaban J connectivity index is 2.10. The van der Waals surface area contributed by atoms with Crippen LogP contribution in [0.4, 0.5) is 5.69 Å². The Kier molecular flexibility index (Phi) is 3.87. The molecule has 2 rings (SSSR count). The number of anilines is 1. The molecule has 0 saturated heterocycles. The summed E-state index contributed by atoms with van der Waals surface area (Å²) < 4.78 is 1.87. The van der Waals surface area contributed by atoms with Crippen molar-refractivity contribution in [3.05, 3.63) is 27.1 Å². The van der Waals surface area contributed by atoms with Crippen molar-refractivity contribution in [2.24, 2.45) is 18.7 Å². The third-order valence-electron chi connectivity index (χ3n) is 3.25. The summed E-state index contributed by atoms with van der Waals surface area (Å²) in [7, 11) is 1.65. The number of amides is 1. The number of rotatable bonds is 2. The lowest BCUT2D eigenvalue weighted by atomic mass is 10.1. The average Bonchev–Trinajstić information content (AvgIpc) is 2.72. The number of carbonyl (C=O) groups is 1. The number of nitrogens with two attached hydrogens (primary N) is 1. The molecule has 3 N–H and O–H groups in total. The van der Waals surface area contributed by atoms with Crippen LogP contribution in [0.1, 0.15) is 19.3 Å². The van der Waals surface area contributed by atoms with Crippen molar-refractivity contribution in [1.29, 1.82) is 0 Å². The van der Waals surface area contributed by atoms with Crippen LogP contribution >= 0.6 is 15.9 Å². The van der Waals surface area contributed by atoms with Crippen molar-refractivity contribution >= 4 is 27.5 Å². The second-order valence-corrected chi connectivity index (χ2v) is 5.61. The first-order valence-electron chi connectivity index (χ1n) is 5.90. The zero-order valence-corrected chi connectivity index (χ0v) is 11.7. The Bertz CT molecular complexity index is 500. The minimum atomic E-state index is -0.129. The molecule has 1 aliphatic rings. The van der Waals surface area contributed by atoms with Gasteiger partial charge in [0.25, 0.3) is 5.56 Å². The number of nitrogens with one attached hydrogen (secondary N) is 1. The molecule has 1 saturated carbocycles. The average molecular weight is 314 g/mol. The topological polar surface area (TPSA) is 77.1 Å². The molecule has 0 bridgehead atoms. The fourth-order valence-corrected chi connectivity index (χ4v) is 2.76. The van der Waals surface area contributed by atoms with E-state index in [0.29, 0.717) is 10.2 Å². The molecule has 1 amide bonds. The molecule has 0 aliphatic heterocycles. The summed E-state index contributed by atoms with van der Waals surface area (Å²) in [6, 6.07) is 1.75. The molecule has 1 fully saturated rings. The van der Waals surface area contributed by atoms with Gasteiger partial charge in [-0.25, -0.2) is 0 Å². The predicted octanol–water partition coefficient (Wildman–Crippen LogP) is 1.21. The summed E-state index contributed by atoms with van der Waals surface area (Å²) >= 11 is 3.18. The van der Waals surface area contributed by atoms with E-state index in [0.717, 1.165) is 19.3 Å². The fraction of sp³-hybridized carbons (Fsp3) is 0.500. The Morgan fingerprint density at radius 3 is 2.83 bits per heavy atom. The first-order chi connectivity index (χ1) is 8.47. The van der Waals surface area contributed by atoms with E-state index >= 15 is 0 Å². The van der Waals surface area contributed by atoms with Gasteiger partial charge in [0.05, 0.1) is 10.2 Å². The maximum atomic E-state index is 12.0. The van der Waals surface area contributed by atoms with Crippen molar-refractivity contribution in [3.63, 3.8) is 0 Å². The van der Waals surface area contributed by atoms with Gasteiger partial charge in [-0.05, 0) is 41.3 Å². The molecule has 0 radical (unpaired) electrons. The largest absolute Gasteiger partial charge is 0.328 e. The molecular formula is C12H16BrN3O2. The molecule has 6 heteroatoms. The quantitative estimate of drug-likeness (QED) is 0.861.